The SMILES string of the molecule is Cc1cccc(-n2c(N)nc3c(Cl)cccc32)c1Br. The van der Waals surface area contributed by atoms with Crippen molar-refractivity contribution in [2.75, 3.05) is 5.73 Å². The number of hydrogen-bond donors (Lipinski definition) is 1. The molecule has 0 atom stereocenters. The fraction of sp³-hybridized carbons (Fsp3) is 0.0714. The third-order valence-electron chi connectivity index (χ3n) is 3.07. The molecule has 0 spiro atoms. The number of halogens is 2. The Bertz CT molecular complexity index is 780. The Morgan fingerprint density at radius 3 is 2.74 bits per heavy atom. The number of nitrogen functional groups attached to an aromatic ring is 1. The van der Waals surface area contributed by atoms with E-state index in [-0.39, 0.29) is 0 Å². The molecule has 0 saturated heterocycles. The van der Waals surface area contributed by atoms with Crippen LogP contribution in [0.15, 0.2) is 40.9 Å². The van der Waals surface area contributed by atoms with Gasteiger partial charge in [-0.3, -0.25) is 4.57 Å². The number of fused-ring (bicyclic) bond motifs is 1. The summed E-state index contributed by atoms with van der Waals surface area (Å²) in [6.07, 6.45) is 0. The van der Waals surface area contributed by atoms with Crippen LogP contribution in [0.2, 0.25) is 5.02 Å². The average molecular weight is 337 g/mol. The lowest BCUT2D eigenvalue weighted by molar-refractivity contribution is 1.09. The van der Waals surface area contributed by atoms with Crippen LogP contribution in [0.25, 0.3) is 16.7 Å². The molecule has 2 N–H and O–H groups in total. The Morgan fingerprint density at radius 1 is 1.21 bits per heavy atom. The van der Waals surface area contributed by atoms with Crippen LogP contribution < -0.4 is 5.73 Å². The molecule has 1 aromatic heterocycles. The number of imidazole rings is 1. The molecule has 3 rings (SSSR count). The lowest BCUT2D eigenvalue weighted by Gasteiger charge is -2.10. The first kappa shape index (κ1) is 12.5. The molecular formula is C14H11BrClN3. The number of hydrogen-bond acceptors (Lipinski definition) is 2. The number of nitrogens with two attached hydrogens (primary N) is 1. The maximum atomic E-state index is 6.16. The second-order valence-corrected chi connectivity index (χ2v) is 5.52. The van der Waals surface area contributed by atoms with Crippen LogP contribution in [0.1, 0.15) is 5.56 Å². The van der Waals surface area contributed by atoms with Crippen LogP contribution >= 0.6 is 27.5 Å². The minimum atomic E-state index is 0.425. The van der Waals surface area contributed by atoms with E-state index in [1.54, 1.807) is 0 Å². The minimum absolute atomic E-state index is 0.425. The molecule has 0 bridgehead atoms. The second kappa shape index (κ2) is 4.54. The van der Waals surface area contributed by atoms with Gasteiger partial charge < -0.3 is 5.73 Å². The van der Waals surface area contributed by atoms with Crippen LogP contribution in [0.4, 0.5) is 5.95 Å². The smallest absolute Gasteiger partial charge is 0.206 e. The molecule has 0 aliphatic heterocycles. The van der Waals surface area contributed by atoms with Crippen molar-refractivity contribution in [3.63, 3.8) is 0 Å². The number of nitrogens with zero attached hydrogens (tertiary/aromatic N) is 2. The monoisotopic (exact) mass is 335 g/mol. The summed E-state index contributed by atoms with van der Waals surface area (Å²) in [7, 11) is 0. The molecule has 0 saturated carbocycles. The van der Waals surface area contributed by atoms with Gasteiger partial charge in [-0.2, -0.15) is 0 Å². The van der Waals surface area contributed by atoms with Crippen LogP contribution in [0, 0.1) is 6.92 Å². The van der Waals surface area contributed by atoms with Gasteiger partial charge in [0.05, 0.1) is 16.2 Å². The Morgan fingerprint density at radius 2 is 1.95 bits per heavy atom. The van der Waals surface area contributed by atoms with E-state index in [0.717, 1.165) is 26.8 Å². The molecular weight excluding hydrogens is 326 g/mol. The van der Waals surface area contributed by atoms with Gasteiger partial charge in [0.25, 0.3) is 0 Å². The van der Waals surface area contributed by atoms with E-state index in [2.05, 4.69) is 20.9 Å². The molecule has 3 aromatic rings. The number of benzene rings is 2. The van der Waals surface area contributed by atoms with Crippen molar-refractivity contribution in [2.24, 2.45) is 0 Å². The van der Waals surface area contributed by atoms with Crippen molar-refractivity contribution in [3.05, 3.63) is 51.5 Å². The van der Waals surface area contributed by atoms with E-state index in [1.165, 1.54) is 0 Å². The molecule has 0 aliphatic carbocycles. The van der Waals surface area contributed by atoms with E-state index in [4.69, 9.17) is 17.3 Å². The number of aryl methyl sites for hydroxylation is 1. The summed E-state index contributed by atoms with van der Waals surface area (Å²) in [4.78, 5) is 4.35. The number of para-hydroxylation sites is 1. The predicted octanol–water partition coefficient (Wildman–Crippen LogP) is 4.33. The first-order chi connectivity index (χ1) is 9.09. The maximum absolute atomic E-state index is 6.16. The van der Waals surface area contributed by atoms with Crippen molar-refractivity contribution >= 4 is 44.5 Å². The fourth-order valence-corrected chi connectivity index (χ4v) is 2.79. The molecule has 0 aliphatic rings. The van der Waals surface area contributed by atoms with Gasteiger partial charge in [-0.05, 0) is 46.6 Å². The van der Waals surface area contributed by atoms with E-state index >= 15 is 0 Å². The van der Waals surface area contributed by atoms with Crippen molar-refractivity contribution in [1.29, 1.82) is 0 Å². The van der Waals surface area contributed by atoms with Gasteiger partial charge in [0.15, 0.2) is 0 Å². The van der Waals surface area contributed by atoms with Crippen LogP contribution in [0.5, 0.6) is 0 Å². The quantitative estimate of drug-likeness (QED) is 0.718. The average Bonchev–Trinajstić information content (AvgIpc) is 2.71. The Labute approximate surface area is 124 Å². The predicted molar refractivity (Wildman–Crippen MR) is 82.9 cm³/mol. The molecule has 0 unspecified atom stereocenters. The summed E-state index contributed by atoms with van der Waals surface area (Å²) in [5, 5.41) is 0.603. The topological polar surface area (TPSA) is 43.8 Å². The first-order valence-corrected chi connectivity index (χ1v) is 6.94. The van der Waals surface area contributed by atoms with Gasteiger partial charge >= 0.3 is 0 Å². The number of aromatic nitrogens is 2. The lowest BCUT2D eigenvalue weighted by Crippen LogP contribution is -2.01. The van der Waals surface area contributed by atoms with E-state index in [1.807, 2.05) is 47.9 Å². The highest BCUT2D eigenvalue weighted by atomic mass is 79.9. The standard InChI is InChI=1S/C14H11BrClN3/c1-8-4-2-6-10(12(8)15)19-11-7-3-5-9(16)13(11)18-14(19)17/h2-7H,1H3,(H2,17,18). The highest BCUT2D eigenvalue weighted by molar-refractivity contribution is 9.10. The number of rotatable bonds is 1. The highest BCUT2D eigenvalue weighted by Gasteiger charge is 2.14. The van der Waals surface area contributed by atoms with Crippen molar-refractivity contribution in [1.82, 2.24) is 9.55 Å². The van der Waals surface area contributed by atoms with Gasteiger partial charge in [-0.15, -0.1) is 0 Å². The fourth-order valence-electron chi connectivity index (χ4n) is 2.14. The van der Waals surface area contributed by atoms with Gasteiger partial charge in [0, 0.05) is 4.47 Å². The van der Waals surface area contributed by atoms with Crippen molar-refractivity contribution < 1.29 is 0 Å². The maximum Gasteiger partial charge on any atom is 0.206 e. The van der Waals surface area contributed by atoms with E-state index in [0.29, 0.717) is 11.0 Å². The van der Waals surface area contributed by atoms with E-state index in [9.17, 15) is 0 Å². The number of anilines is 1. The summed E-state index contributed by atoms with van der Waals surface area (Å²) < 4.78 is 2.90. The molecule has 0 fully saturated rings. The van der Waals surface area contributed by atoms with Crippen LogP contribution in [-0.2, 0) is 0 Å². The summed E-state index contributed by atoms with van der Waals surface area (Å²) in [5.41, 5.74) is 9.76. The Hall–Kier alpha value is -1.52. The van der Waals surface area contributed by atoms with Crippen LogP contribution in [0.3, 0.4) is 0 Å². The zero-order valence-electron chi connectivity index (χ0n) is 10.2. The normalized spacial score (nSPS) is 11.1. The van der Waals surface area contributed by atoms with Crippen molar-refractivity contribution in [3.8, 4) is 5.69 Å². The lowest BCUT2D eigenvalue weighted by atomic mass is 10.2. The molecule has 0 amide bonds. The molecule has 0 radical (unpaired) electrons. The summed E-state index contributed by atoms with van der Waals surface area (Å²) in [5.74, 6) is 0.425. The third-order valence-corrected chi connectivity index (χ3v) is 4.41. The van der Waals surface area contributed by atoms with E-state index < -0.39 is 0 Å². The summed E-state index contributed by atoms with van der Waals surface area (Å²) in [6.45, 7) is 2.04. The van der Waals surface area contributed by atoms with Gasteiger partial charge in [0.1, 0.15) is 5.52 Å². The molecule has 3 nitrogen and oxygen atoms in total. The zero-order chi connectivity index (χ0) is 13.6. The minimum Gasteiger partial charge on any atom is -0.369 e. The molecule has 2 aromatic carbocycles. The zero-order valence-corrected chi connectivity index (χ0v) is 12.5. The highest BCUT2D eigenvalue weighted by Crippen LogP contribution is 2.32. The van der Waals surface area contributed by atoms with Gasteiger partial charge in [-0.25, -0.2) is 4.98 Å². The Balaban J connectivity index is 2.40. The molecule has 5 heteroatoms. The van der Waals surface area contributed by atoms with Gasteiger partial charge in [-0.1, -0.05) is 29.8 Å². The second-order valence-electron chi connectivity index (χ2n) is 4.32. The molecule has 19 heavy (non-hydrogen) atoms. The van der Waals surface area contributed by atoms with Crippen molar-refractivity contribution in [2.45, 2.75) is 6.92 Å². The summed E-state index contributed by atoms with van der Waals surface area (Å²) >= 11 is 9.76. The largest absolute Gasteiger partial charge is 0.369 e. The molecule has 96 valence electrons. The summed E-state index contributed by atoms with van der Waals surface area (Å²) in [6, 6.07) is 11.7. The Kier molecular flexibility index (Phi) is 2.99. The first-order valence-electron chi connectivity index (χ1n) is 5.77. The molecule has 1 heterocycles. The van der Waals surface area contributed by atoms with Gasteiger partial charge in [0.2, 0.25) is 5.95 Å². The van der Waals surface area contributed by atoms with Crippen LogP contribution in [-0.4, -0.2) is 9.55 Å². The third kappa shape index (κ3) is 1.91.